The molecule has 9 heteroatoms. The van der Waals surface area contributed by atoms with Crippen molar-refractivity contribution >= 4 is 51.9 Å². The summed E-state index contributed by atoms with van der Waals surface area (Å²) < 4.78 is 13.3. The number of aromatic hydroxyl groups is 2. The molecular weight excluding hydrogens is 439 g/mol. The average molecular weight is 461 g/mol. The molecule has 1 aliphatic rings. The molecule has 1 saturated heterocycles. The highest BCUT2D eigenvalue weighted by Gasteiger charge is 2.31. The molecule has 0 spiro atoms. The van der Waals surface area contributed by atoms with Crippen LogP contribution in [0.25, 0.3) is 6.08 Å². The first-order chi connectivity index (χ1) is 14.8. The zero-order valence-corrected chi connectivity index (χ0v) is 18.1. The van der Waals surface area contributed by atoms with Gasteiger partial charge in [0.15, 0.2) is 0 Å². The van der Waals surface area contributed by atoms with Crippen LogP contribution in [0.1, 0.15) is 31.2 Å². The molecule has 0 bridgehead atoms. The molecule has 2 aromatic carbocycles. The zero-order chi connectivity index (χ0) is 22.4. The standard InChI is InChI=1S/C22H21FN2O4S2/c23-15-6-8-16(9-7-15)24-20(28)4-2-1-3-11-25-21(29)19(31-22(25)30)12-14-5-10-17(26)13-18(14)27/h5-10,12-13,26-27H,1-4,11H2,(H,24,28)/b19-12-. The number of carbonyl (C=O) groups excluding carboxylic acids is 2. The van der Waals surface area contributed by atoms with Gasteiger partial charge in [-0.15, -0.1) is 0 Å². The summed E-state index contributed by atoms with van der Waals surface area (Å²) in [6.07, 6.45) is 3.96. The number of phenols is 2. The van der Waals surface area contributed by atoms with Crippen molar-refractivity contribution < 1.29 is 24.2 Å². The van der Waals surface area contributed by atoms with E-state index in [0.717, 1.165) is 18.2 Å². The Morgan fingerprint density at radius 3 is 2.58 bits per heavy atom. The average Bonchev–Trinajstić information content (AvgIpc) is 2.98. The van der Waals surface area contributed by atoms with Crippen LogP contribution in [0, 0.1) is 5.82 Å². The van der Waals surface area contributed by atoms with Gasteiger partial charge in [-0.2, -0.15) is 0 Å². The van der Waals surface area contributed by atoms with E-state index in [4.69, 9.17) is 12.2 Å². The van der Waals surface area contributed by atoms with Crippen LogP contribution in [0.3, 0.4) is 0 Å². The molecule has 31 heavy (non-hydrogen) atoms. The van der Waals surface area contributed by atoms with Gasteiger partial charge in [0.2, 0.25) is 5.91 Å². The lowest BCUT2D eigenvalue weighted by molar-refractivity contribution is -0.122. The summed E-state index contributed by atoms with van der Waals surface area (Å²) >= 11 is 6.46. The summed E-state index contributed by atoms with van der Waals surface area (Å²) in [7, 11) is 0. The lowest BCUT2D eigenvalue weighted by Crippen LogP contribution is -2.29. The first-order valence-electron chi connectivity index (χ1n) is 9.66. The van der Waals surface area contributed by atoms with Gasteiger partial charge in [0.05, 0.1) is 4.91 Å². The number of nitrogens with one attached hydrogen (secondary N) is 1. The maximum atomic E-state index is 12.9. The number of phenolic OH excluding ortho intramolecular Hbond substituents is 2. The fourth-order valence-electron chi connectivity index (χ4n) is 2.98. The van der Waals surface area contributed by atoms with Crippen LogP contribution < -0.4 is 5.32 Å². The summed E-state index contributed by atoms with van der Waals surface area (Å²) in [5.74, 6) is -0.911. The molecule has 3 N–H and O–H groups in total. The van der Waals surface area contributed by atoms with E-state index in [1.165, 1.54) is 47.4 Å². The molecule has 0 saturated carbocycles. The second-order valence-corrected chi connectivity index (χ2v) is 8.62. The van der Waals surface area contributed by atoms with Gasteiger partial charge in [0, 0.05) is 30.3 Å². The Morgan fingerprint density at radius 2 is 1.87 bits per heavy atom. The summed E-state index contributed by atoms with van der Waals surface area (Å²) in [4.78, 5) is 26.5. The smallest absolute Gasteiger partial charge is 0.266 e. The highest BCUT2D eigenvalue weighted by molar-refractivity contribution is 8.26. The van der Waals surface area contributed by atoms with E-state index in [-0.39, 0.29) is 29.1 Å². The van der Waals surface area contributed by atoms with Gasteiger partial charge < -0.3 is 15.5 Å². The SMILES string of the molecule is O=C(CCCCCN1C(=O)/C(=C/c2ccc(O)cc2O)SC1=S)Nc1ccc(F)cc1. The van der Waals surface area contributed by atoms with Gasteiger partial charge in [-0.3, -0.25) is 14.5 Å². The monoisotopic (exact) mass is 460 g/mol. The van der Waals surface area contributed by atoms with Crippen LogP contribution in [-0.2, 0) is 9.59 Å². The lowest BCUT2D eigenvalue weighted by Gasteiger charge is -2.14. The predicted molar refractivity (Wildman–Crippen MR) is 123 cm³/mol. The molecule has 162 valence electrons. The molecule has 1 fully saturated rings. The van der Waals surface area contributed by atoms with E-state index in [1.807, 2.05) is 0 Å². The molecule has 1 heterocycles. The maximum Gasteiger partial charge on any atom is 0.266 e. The fraction of sp³-hybridized carbons (Fsp3) is 0.227. The van der Waals surface area contributed by atoms with E-state index in [0.29, 0.717) is 46.3 Å². The van der Waals surface area contributed by atoms with Crippen molar-refractivity contribution in [3.63, 3.8) is 0 Å². The van der Waals surface area contributed by atoms with Crippen molar-refractivity contribution in [2.24, 2.45) is 0 Å². The summed E-state index contributed by atoms with van der Waals surface area (Å²) in [6.45, 7) is 0.448. The Kier molecular flexibility index (Phi) is 7.64. The van der Waals surface area contributed by atoms with Crippen molar-refractivity contribution in [2.45, 2.75) is 25.7 Å². The maximum absolute atomic E-state index is 12.9. The van der Waals surface area contributed by atoms with Crippen LogP contribution >= 0.6 is 24.0 Å². The van der Waals surface area contributed by atoms with Gasteiger partial charge >= 0.3 is 0 Å². The first kappa shape index (κ1) is 22.8. The molecule has 0 atom stereocenters. The fourth-order valence-corrected chi connectivity index (χ4v) is 4.28. The van der Waals surface area contributed by atoms with Gasteiger partial charge in [-0.25, -0.2) is 4.39 Å². The summed E-state index contributed by atoms with van der Waals surface area (Å²) in [5, 5.41) is 22.0. The molecule has 3 rings (SSSR count). The third kappa shape index (κ3) is 6.28. The van der Waals surface area contributed by atoms with Gasteiger partial charge in [-0.05, 0) is 55.3 Å². The number of nitrogens with zero attached hydrogens (tertiary/aromatic N) is 1. The normalized spacial score (nSPS) is 15.0. The van der Waals surface area contributed by atoms with E-state index in [2.05, 4.69) is 5.32 Å². The zero-order valence-electron chi connectivity index (χ0n) is 16.5. The Bertz CT molecular complexity index is 1020. The van der Waals surface area contributed by atoms with E-state index < -0.39 is 0 Å². The van der Waals surface area contributed by atoms with Crippen molar-refractivity contribution in [3.8, 4) is 11.5 Å². The molecular formula is C22H21FN2O4S2. The Hall–Kier alpha value is -2.91. The second kappa shape index (κ2) is 10.4. The Labute approximate surface area is 188 Å². The number of halogens is 1. The second-order valence-electron chi connectivity index (χ2n) is 6.94. The third-order valence-corrected chi connectivity index (χ3v) is 5.97. The first-order valence-corrected chi connectivity index (χ1v) is 10.9. The lowest BCUT2D eigenvalue weighted by atomic mass is 10.1. The van der Waals surface area contributed by atoms with Crippen LogP contribution in [0.4, 0.5) is 10.1 Å². The van der Waals surface area contributed by atoms with Crippen molar-refractivity contribution in [1.29, 1.82) is 0 Å². The molecule has 0 radical (unpaired) electrons. The molecule has 0 aromatic heterocycles. The number of amides is 2. The molecule has 0 unspecified atom stereocenters. The molecule has 1 aliphatic heterocycles. The summed E-state index contributed by atoms with van der Waals surface area (Å²) in [6, 6.07) is 9.75. The van der Waals surface area contributed by atoms with Gasteiger partial charge in [-0.1, -0.05) is 30.4 Å². The molecule has 2 aromatic rings. The minimum absolute atomic E-state index is 0.0615. The van der Waals surface area contributed by atoms with Crippen LogP contribution in [0.2, 0.25) is 0 Å². The highest BCUT2D eigenvalue weighted by atomic mass is 32.2. The van der Waals surface area contributed by atoms with Gasteiger partial charge in [0.25, 0.3) is 5.91 Å². The van der Waals surface area contributed by atoms with Crippen LogP contribution in [-0.4, -0.2) is 37.8 Å². The number of unbranched alkanes of at least 4 members (excludes halogenated alkanes) is 2. The largest absolute Gasteiger partial charge is 0.508 e. The molecule has 2 amide bonds. The van der Waals surface area contributed by atoms with Crippen molar-refractivity contribution in [1.82, 2.24) is 4.90 Å². The number of hydrogen-bond donors (Lipinski definition) is 3. The minimum atomic E-state index is -0.358. The molecule has 0 aliphatic carbocycles. The quantitative estimate of drug-likeness (QED) is 0.302. The Balaban J connectivity index is 1.43. The van der Waals surface area contributed by atoms with Crippen LogP contribution in [0.5, 0.6) is 11.5 Å². The highest BCUT2D eigenvalue weighted by Crippen LogP contribution is 2.35. The number of hydrogen-bond acceptors (Lipinski definition) is 6. The molecule has 6 nitrogen and oxygen atoms in total. The van der Waals surface area contributed by atoms with E-state index in [9.17, 15) is 24.2 Å². The van der Waals surface area contributed by atoms with E-state index >= 15 is 0 Å². The summed E-state index contributed by atoms with van der Waals surface area (Å²) in [5.41, 5.74) is 0.973. The number of anilines is 1. The minimum Gasteiger partial charge on any atom is -0.508 e. The number of rotatable bonds is 8. The van der Waals surface area contributed by atoms with Crippen LogP contribution in [0.15, 0.2) is 47.4 Å². The predicted octanol–water partition coefficient (Wildman–Crippen LogP) is 4.64. The van der Waals surface area contributed by atoms with Gasteiger partial charge in [0.1, 0.15) is 21.6 Å². The Morgan fingerprint density at radius 1 is 1.13 bits per heavy atom. The van der Waals surface area contributed by atoms with Crippen molar-refractivity contribution in [2.75, 3.05) is 11.9 Å². The van der Waals surface area contributed by atoms with Crippen molar-refractivity contribution in [3.05, 3.63) is 58.8 Å². The van der Waals surface area contributed by atoms with E-state index in [1.54, 1.807) is 6.08 Å². The number of carbonyl (C=O) groups is 2. The third-order valence-electron chi connectivity index (χ3n) is 4.59. The topological polar surface area (TPSA) is 89.9 Å². The number of benzene rings is 2. The number of thiocarbonyl (C=S) groups is 1. The number of thioether (sulfide) groups is 1.